The average Bonchev–Trinajstić information content (AvgIpc) is 3.29. The van der Waals surface area contributed by atoms with Gasteiger partial charge >= 0.3 is 5.97 Å². The van der Waals surface area contributed by atoms with Gasteiger partial charge in [0.2, 0.25) is 5.91 Å². The quantitative estimate of drug-likeness (QED) is 0.533. The molecule has 3 saturated carbocycles. The minimum absolute atomic E-state index is 0.0118. The van der Waals surface area contributed by atoms with Crippen molar-refractivity contribution in [2.24, 2.45) is 29.6 Å². The first-order valence-corrected chi connectivity index (χ1v) is 12.2. The lowest BCUT2D eigenvalue weighted by Crippen LogP contribution is -2.42. The Kier molecular flexibility index (Phi) is 5.09. The largest absolute Gasteiger partial charge is 0.481 e. The number of rotatable bonds is 7. The monoisotopic (exact) mass is 453 g/mol. The number of hydrogen-bond donors (Lipinski definition) is 1. The van der Waals surface area contributed by atoms with Gasteiger partial charge in [-0.05, 0) is 78.5 Å². The van der Waals surface area contributed by atoms with Crippen LogP contribution in [0, 0.1) is 29.6 Å². The van der Waals surface area contributed by atoms with Crippen LogP contribution in [0.15, 0.2) is 42.1 Å². The highest BCUT2D eigenvalue weighted by Gasteiger charge is 2.76. The van der Waals surface area contributed by atoms with Crippen LogP contribution in [0.3, 0.4) is 0 Å². The summed E-state index contributed by atoms with van der Waals surface area (Å²) >= 11 is 6.85. The van der Waals surface area contributed by atoms with E-state index in [0.29, 0.717) is 23.7 Å². The second kappa shape index (κ2) is 7.48. The summed E-state index contributed by atoms with van der Waals surface area (Å²) in [7, 11) is 0. The average molecular weight is 454 g/mol. The lowest BCUT2D eigenvalue weighted by Gasteiger charge is -2.46. The van der Waals surface area contributed by atoms with Crippen LogP contribution in [0.5, 0.6) is 0 Å². The molecule has 5 heteroatoms. The molecule has 3 fully saturated rings. The second-order valence-electron chi connectivity index (χ2n) is 10.8. The van der Waals surface area contributed by atoms with Crippen LogP contribution in [-0.2, 0) is 15.0 Å². The fourth-order valence-corrected chi connectivity index (χ4v) is 7.11. The summed E-state index contributed by atoms with van der Waals surface area (Å²) in [5, 5.41) is 9.97. The zero-order chi connectivity index (χ0) is 22.9. The van der Waals surface area contributed by atoms with Gasteiger partial charge in [0, 0.05) is 29.1 Å². The molecule has 1 aromatic rings. The minimum atomic E-state index is -0.874. The normalized spacial score (nSPS) is 34.8. The van der Waals surface area contributed by atoms with Crippen molar-refractivity contribution in [2.75, 3.05) is 6.54 Å². The van der Waals surface area contributed by atoms with Crippen molar-refractivity contribution in [1.82, 2.24) is 4.90 Å². The number of aliphatic carboxylic acids is 1. The first-order valence-electron chi connectivity index (χ1n) is 11.8. The van der Waals surface area contributed by atoms with E-state index in [1.165, 1.54) is 22.3 Å². The van der Waals surface area contributed by atoms with Crippen LogP contribution < -0.4 is 0 Å². The number of fused-ring (bicyclic) bond motifs is 1. The molecule has 4 aliphatic rings. The molecule has 0 aromatic heterocycles. The highest BCUT2D eigenvalue weighted by atomic mass is 35.5. The fraction of sp³-hybridized carbons (Fsp3) is 0.556. The molecule has 3 aliphatic carbocycles. The van der Waals surface area contributed by atoms with Gasteiger partial charge in [0.15, 0.2) is 0 Å². The molecular formula is C27H32ClNO3. The topological polar surface area (TPSA) is 57.6 Å². The molecule has 1 heterocycles. The molecule has 0 spiro atoms. The Morgan fingerprint density at radius 2 is 2.06 bits per heavy atom. The molecule has 2 unspecified atom stereocenters. The number of carboxylic acids is 1. The highest BCUT2D eigenvalue weighted by Crippen LogP contribution is 2.76. The number of halogens is 1. The summed E-state index contributed by atoms with van der Waals surface area (Å²) in [4.78, 5) is 26.0. The fourth-order valence-electron chi connectivity index (χ4n) is 6.77. The van der Waals surface area contributed by atoms with Crippen LogP contribution >= 0.6 is 11.6 Å². The molecule has 4 nitrogen and oxygen atoms in total. The summed E-state index contributed by atoms with van der Waals surface area (Å²) < 4.78 is 0. The van der Waals surface area contributed by atoms with Gasteiger partial charge in [-0.2, -0.15) is 0 Å². The van der Waals surface area contributed by atoms with Gasteiger partial charge in [-0.3, -0.25) is 9.59 Å². The smallest absolute Gasteiger partial charge is 0.305 e. The first-order chi connectivity index (χ1) is 15.1. The van der Waals surface area contributed by atoms with E-state index in [1.54, 1.807) is 4.90 Å². The van der Waals surface area contributed by atoms with Gasteiger partial charge in [0.25, 0.3) is 0 Å². The Morgan fingerprint density at radius 1 is 1.34 bits per heavy atom. The molecule has 1 aliphatic heterocycles. The maximum absolute atomic E-state index is 13.2. The summed E-state index contributed by atoms with van der Waals surface area (Å²) in [6, 6.07) is 6.61. The van der Waals surface area contributed by atoms with Crippen LogP contribution in [0.25, 0.3) is 0 Å². The molecule has 0 bridgehead atoms. The van der Waals surface area contributed by atoms with Crippen molar-refractivity contribution in [3.63, 3.8) is 0 Å². The maximum Gasteiger partial charge on any atom is 0.305 e. The molecule has 4 atom stereocenters. The van der Waals surface area contributed by atoms with Gasteiger partial charge in [0.05, 0.1) is 6.42 Å². The Labute approximate surface area is 195 Å². The van der Waals surface area contributed by atoms with Crippen molar-refractivity contribution in [1.29, 1.82) is 0 Å². The van der Waals surface area contributed by atoms with Gasteiger partial charge < -0.3 is 10.0 Å². The third-order valence-electron chi connectivity index (χ3n) is 8.65. The molecule has 5 rings (SSSR count). The molecule has 170 valence electrons. The third kappa shape index (κ3) is 3.09. The summed E-state index contributed by atoms with van der Waals surface area (Å²) in [6.07, 6.45) is 5.17. The number of benzene rings is 1. The first kappa shape index (κ1) is 21.8. The summed E-state index contributed by atoms with van der Waals surface area (Å²) in [6.45, 7) is 10.8. The van der Waals surface area contributed by atoms with Crippen LogP contribution in [0.2, 0.25) is 5.02 Å². The SMILES string of the molecule is C=C(C)C1CC(c2ccc([C@]34C[C@@H]5C(C(=O)N(CCC(=O)O)C=C3C(C)C)C54)cc2Cl)C1. The number of amides is 1. The number of hydrogen-bond acceptors (Lipinski definition) is 2. The van der Waals surface area contributed by atoms with Crippen LogP contribution in [0.1, 0.15) is 63.5 Å². The van der Waals surface area contributed by atoms with Crippen molar-refractivity contribution in [3.8, 4) is 0 Å². The van der Waals surface area contributed by atoms with E-state index in [2.05, 4.69) is 45.5 Å². The maximum atomic E-state index is 13.2. The molecule has 0 saturated heterocycles. The predicted molar refractivity (Wildman–Crippen MR) is 125 cm³/mol. The summed E-state index contributed by atoms with van der Waals surface area (Å²) in [5.74, 6) is 1.34. The van der Waals surface area contributed by atoms with E-state index in [9.17, 15) is 9.59 Å². The molecule has 1 amide bonds. The molecule has 1 aromatic carbocycles. The molecule has 32 heavy (non-hydrogen) atoms. The lowest BCUT2D eigenvalue weighted by atomic mass is 9.57. The predicted octanol–water partition coefficient (Wildman–Crippen LogP) is 5.77. The van der Waals surface area contributed by atoms with Crippen molar-refractivity contribution >= 4 is 23.5 Å². The Bertz CT molecular complexity index is 1040. The zero-order valence-electron chi connectivity index (χ0n) is 19.1. The highest BCUT2D eigenvalue weighted by molar-refractivity contribution is 6.31. The number of carbonyl (C=O) groups excluding carboxylic acids is 1. The number of nitrogens with zero attached hydrogens (tertiary/aromatic N) is 1. The van der Waals surface area contributed by atoms with Crippen LogP contribution in [0.4, 0.5) is 0 Å². The van der Waals surface area contributed by atoms with Gasteiger partial charge in [-0.1, -0.05) is 49.7 Å². The van der Waals surface area contributed by atoms with E-state index >= 15 is 0 Å². The Morgan fingerprint density at radius 3 is 2.66 bits per heavy atom. The van der Waals surface area contributed by atoms with E-state index in [-0.39, 0.29) is 36.1 Å². The van der Waals surface area contributed by atoms with E-state index in [0.717, 1.165) is 24.3 Å². The van der Waals surface area contributed by atoms with E-state index < -0.39 is 5.97 Å². The zero-order valence-corrected chi connectivity index (χ0v) is 19.9. The van der Waals surface area contributed by atoms with Crippen molar-refractivity contribution in [3.05, 3.63) is 58.3 Å². The molecule has 1 N–H and O–H groups in total. The number of allylic oxidation sites excluding steroid dienone is 2. The summed E-state index contributed by atoms with van der Waals surface area (Å²) in [5.41, 5.74) is 4.80. The number of carbonyl (C=O) groups is 2. The standard InChI is InChI=1S/C27H32ClNO3/c1-14(2)16-9-17(10-16)19-6-5-18(11-22(19)28)27-12-20-24(25(20)27)26(32)29(8-7-23(30)31)13-21(27)15(3)4/h5-6,11,13,15-17,20,24-25H,1,7-10,12H2,2-4H3,(H,30,31)/t16?,17?,20-,24?,25?,27-/m1/s1. The lowest BCUT2D eigenvalue weighted by molar-refractivity contribution is -0.138. The van der Waals surface area contributed by atoms with E-state index in [4.69, 9.17) is 16.7 Å². The second-order valence-corrected chi connectivity index (χ2v) is 11.2. The van der Waals surface area contributed by atoms with Crippen LogP contribution in [-0.4, -0.2) is 28.4 Å². The van der Waals surface area contributed by atoms with E-state index in [1.807, 2.05) is 6.20 Å². The molecular weight excluding hydrogens is 422 g/mol. The van der Waals surface area contributed by atoms with Gasteiger partial charge in [-0.25, -0.2) is 0 Å². The van der Waals surface area contributed by atoms with Crippen molar-refractivity contribution < 1.29 is 14.7 Å². The van der Waals surface area contributed by atoms with Crippen molar-refractivity contribution in [2.45, 2.75) is 57.8 Å². The Hall–Kier alpha value is -2.07. The number of carboxylic acid groups (broad SMARTS) is 1. The minimum Gasteiger partial charge on any atom is -0.481 e. The third-order valence-corrected chi connectivity index (χ3v) is 8.98. The molecule has 0 radical (unpaired) electrons. The van der Waals surface area contributed by atoms with Gasteiger partial charge in [0.1, 0.15) is 0 Å². The Balaban J connectivity index is 1.48. The van der Waals surface area contributed by atoms with Gasteiger partial charge in [-0.15, -0.1) is 0 Å².